The Morgan fingerprint density at radius 1 is 1.42 bits per heavy atom. The average Bonchev–Trinajstić information content (AvgIpc) is 2.05. The second-order valence-electron chi connectivity index (χ2n) is 3.15. The van der Waals surface area contributed by atoms with Crippen LogP contribution in [0.4, 0.5) is 0 Å². The highest BCUT2D eigenvalue weighted by molar-refractivity contribution is 9.09. The van der Waals surface area contributed by atoms with Crippen LogP contribution in [0, 0.1) is 0 Å². The molecule has 1 aromatic heterocycles. The summed E-state index contributed by atoms with van der Waals surface area (Å²) in [6, 6.07) is 6.25. The Balaban J connectivity index is 2.81. The molecule has 0 saturated heterocycles. The van der Waals surface area contributed by atoms with Crippen LogP contribution in [0.1, 0.15) is 31.2 Å². The fourth-order valence-corrected chi connectivity index (χ4v) is 1.46. The molecule has 0 saturated carbocycles. The van der Waals surface area contributed by atoms with Gasteiger partial charge in [0, 0.05) is 16.7 Å². The summed E-state index contributed by atoms with van der Waals surface area (Å²) in [6.07, 6.45) is 1.01. The summed E-state index contributed by atoms with van der Waals surface area (Å²) in [5, 5.41) is 0.988. The van der Waals surface area contributed by atoms with E-state index in [1.165, 1.54) is 11.4 Å². The first-order valence-electron chi connectivity index (χ1n) is 4.26. The maximum absolute atomic E-state index is 4.53. The molecule has 0 aromatic carbocycles. The van der Waals surface area contributed by atoms with E-state index in [0.717, 1.165) is 11.8 Å². The van der Waals surface area contributed by atoms with Crippen molar-refractivity contribution >= 4 is 15.9 Å². The topological polar surface area (TPSA) is 12.9 Å². The molecular weight excluding hydrogens is 214 g/mol. The molecule has 0 amide bonds. The fraction of sp³-hybridized carbons (Fsp3) is 0.500. The lowest BCUT2D eigenvalue weighted by Gasteiger charge is -2.05. The van der Waals surface area contributed by atoms with Crippen molar-refractivity contribution in [2.24, 2.45) is 0 Å². The van der Waals surface area contributed by atoms with Gasteiger partial charge in [0.2, 0.25) is 0 Å². The van der Waals surface area contributed by atoms with Crippen molar-refractivity contribution < 1.29 is 0 Å². The molecule has 0 radical (unpaired) electrons. The van der Waals surface area contributed by atoms with Crippen molar-refractivity contribution in [2.75, 3.05) is 5.33 Å². The molecule has 1 aromatic rings. The van der Waals surface area contributed by atoms with Crippen molar-refractivity contribution in [1.82, 2.24) is 4.98 Å². The van der Waals surface area contributed by atoms with Gasteiger partial charge in [0.25, 0.3) is 0 Å². The summed E-state index contributed by atoms with van der Waals surface area (Å²) in [4.78, 5) is 4.53. The van der Waals surface area contributed by atoms with Gasteiger partial charge in [0.1, 0.15) is 0 Å². The SMILES string of the molecule is CC(C)c1cccc(CCBr)n1. The van der Waals surface area contributed by atoms with Crippen molar-refractivity contribution in [1.29, 1.82) is 0 Å². The number of rotatable bonds is 3. The summed E-state index contributed by atoms with van der Waals surface area (Å²) in [5.74, 6) is 0.528. The molecule has 66 valence electrons. The molecule has 0 spiro atoms. The molecule has 0 N–H and O–H groups in total. The van der Waals surface area contributed by atoms with Crippen LogP contribution in [0.3, 0.4) is 0 Å². The van der Waals surface area contributed by atoms with Crippen LogP contribution >= 0.6 is 15.9 Å². The van der Waals surface area contributed by atoms with Gasteiger partial charge < -0.3 is 0 Å². The van der Waals surface area contributed by atoms with Crippen LogP contribution in [-0.4, -0.2) is 10.3 Å². The molecule has 2 heteroatoms. The fourth-order valence-electron chi connectivity index (χ4n) is 1.06. The zero-order valence-corrected chi connectivity index (χ0v) is 9.13. The minimum atomic E-state index is 0.528. The summed E-state index contributed by atoms with van der Waals surface area (Å²) in [5.41, 5.74) is 2.37. The molecule has 1 rings (SSSR count). The highest BCUT2D eigenvalue weighted by Crippen LogP contribution is 2.11. The van der Waals surface area contributed by atoms with Gasteiger partial charge in [-0.05, 0) is 24.5 Å². The summed E-state index contributed by atoms with van der Waals surface area (Å²) in [6.45, 7) is 4.33. The van der Waals surface area contributed by atoms with Gasteiger partial charge >= 0.3 is 0 Å². The van der Waals surface area contributed by atoms with Crippen LogP contribution in [0.5, 0.6) is 0 Å². The first kappa shape index (κ1) is 9.72. The van der Waals surface area contributed by atoms with Crippen LogP contribution in [-0.2, 0) is 6.42 Å². The van der Waals surface area contributed by atoms with Crippen molar-refractivity contribution in [3.05, 3.63) is 29.6 Å². The van der Waals surface area contributed by atoms with Crippen molar-refractivity contribution in [3.63, 3.8) is 0 Å². The maximum atomic E-state index is 4.53. The quantitative estimate of drug-likeness (QED) is 0.724. The van der Waals surface area contributed by atoms with Gasteiger partial charge in [0.05, 0.1) is 0 Å². The lowest BCUT2D eigenvalue weighted by molar-refractivity contribution is 0.808. The minimum absolute atomic E-state index is 0.528. The molecule has 0 bridgehead atoms. The Morgan fingerprint density at radius 2 is 2.17 bits per heavy atom. The van der Waals surface area contributed by atoms with Gasteiger partial charge in [0.15, 0.2) is 0 Å². The average molecular weight is 228 g/mol. The normalized spacial score (nSPS) is 10.7. The number of halogens is 1. The minimum Gasteiger partial charge on any atom is -0.258 e. The number of hydrogen-bond donors (Lipinski definition) is 0. The van der Waals surface area contributed by atoms with Crippen LogP contribution < -0.4 is 0 Å². The van der Waals surface area contributed by atoms with Gasteiger partial charge in [-0.3, -0.25) is 4.98 Å². The summed E-state index contributed by atoms with van der Waals surface area (Å²) >= 11 is 3.41. The van der Waals surface area contributed by atoms with Gasteiger partial charge in [-0.2, -0.15) is 0 Å². The molecule has 0 fully saturated rings. The maximum Gasteiger partial charge on any atom is 0.0432 e. The van der Waals surface area contributed by atoms with E-state index in [4.69, 9.17) is 0 Å². The van der Waals surface area contributed by atoms with E-state index in [2.05, 4.69) is 53.0 Å². The van der Waals surface area contributed by atoms with Crippen LogP contribution in [0.2, 0.25) is 0 Å². The molecule has 0 aliphatic heterocycles. The summed E-state index contributed by atoms with van der Waals surface area (Å²) < 4.78 is 0. The number of hydrogen-bond acceptors (Lipinski definition) is 1. The van der Waals surface area contributed by atoms with Gasteiger partial charge in [-0.25, -0.2) is 0 Å². The van der Waals surface area contributed by atoms with Gasteiger partial charge in [-0.15, -0.1) is 0 Å². The molecule has 0 aliphatic carbocycles. The van der Waals surface area contributed by atoms with E-state index in [-0.39, 0.29) is 0 Å². The highest BCUT2D eigenvalue weighted by Gasteiger charge is 2.00. The lowest BCUT2D eigenvalue weighted by atomic mass is 10.1. The number of pyridine rings is 1. The van der Waals surface area contributed by atoms with Crippen LogP contribution in [0.25, 0.3) is 0 Å². The first-order valence-corrected chi connectivity index (χ1v) is 5.38. The Labute approximate surface area is 82.3 Å². The Kier molecular flexibility index (Phi) is 3.73. The van der Waals surface area contributed by atoms with E-state index in [1.807, 2.05) is 0 Å². The Bertz CT molecular complexity index is 245. The predicted molar refractivity (Wildman–Crippen MR) is 55.8 cm³/mol. The second-order valence-corrected chi connectivity index (χ2v) is 3.94. The third-order valence-electron chi connectivity index (χ3n) is 1.77. The first-order chi connectivity index (χ1) is 5.74. The molecule has 1 heterocycles. The Hall–Kier alpha value is -0.370. The molecule has 0 unspecified atom stereocenters. The highest BCUT2D eigenvalue weighted by atomic mass is 79.9. The summed E-state index contributed by atoms with van der Waals surface area (Å²) in [7, 11) is 0. The molecule has 1 nitrogen and oxygen atoms in total. The molecule has 0 atom stereocenters. The standard InChI is InChI=1S/C10H14BrN/c1-8(2)10-5-3-4-9(12-10)6-7-11/h3-5,8H,6-7H2,1-2H3. The van der Waals surface area contributed by atoms with E-state index >= 15 is 0 Å². The monoisotopic (exact) mass is 227 g/mol. The number of nitrogens with zero attached hydrogens (tertiary/aromatic N) is 1. The van der Waals surface area contributed by atoms with Crippen molar-refractivity contribution in [3.8, 4) is 0 Å². The van der Waals surface area contributed by atoms with Crippen molar-refractivity contribution in [2.45, 2.75) is 26.2 Å². The largest absolute Gasteiger partial charge is 0.258 e. The molecular formula is C10H14BrN. The third kappa shape index (κ3) is 2.59. The smallest absolute Gasteiger partial charge is 0.0432 e. The van der Waals surface area contributed by atoms with E-state index in [9.17, 15) is 0 Å². The molecule has 12 heavy (non-hydrogen) atoms. The number of aromatic nitrogens is 1. The lowest BCUT2D eigenvalue weighted by Crippen LogP contribution is -1.97. The zero-order valence-electron chi connectivity index (χ0n) is 7.55. The van der Waals surface area contributed by atoms with Crippen LogP contribution in [0.15, 0.2) is 18.2 Å². The third-order valence-corrected chi connectivity index (χ3v) is 2.17. The number of aryl methyl sites for hydroxylation is 1. The number of alkyl halides is 1. The van der Waals surface area contributed by atoms with E-state index < -0.39 is 0 Å². The van der Waals surface area contributed by atoms with Gasteiger partial charge in [-0.1, -0.05) is 35.8 Å². The van der Waals surface area contributed by atoms with E-state index in [1.54, 1.807) is 0 Å². The predicted octanol–water partition coefficient (Wildman–Crippen LogP) is 3.14. The Morgan fingerprint density at radius 3 is 2.75 bits per heavy atom. The molecule has 0 aliphatic rings. The van der Waals surface area contributed by atoms with E-state index in [0.29, 0.717) is 5.92 Å². The zero-order chi connectivity index (χ0) is 8.97. The second kappa shape index (κ2) is 4.61.